The third kappa shape index (κ3) is 3.75. The minimum atomic E-state index is -0.963. The molecule has 0 aliphatic heterocycles. The molecule has 0 saturated heterocycles. The molecule has 0 unspecified atom stereocenters. The zero-order valence-electron chi connectivity index (χ0n) is 10.1. The summed E-state index contributed by atoms with van der Waals surface area (Å²) in [6.45, 7) is 1.71. The van der Waals surface area contributed by atoms with Crippen LogP contribution >= 0.6 is 0 Å². The van der Waals surface area contributed by atoms with Gasteiger partial charge in [-0.1, -0.05) is 6.07 Å². The van der Waals surface area contributed by atoms with Crippen molar-refractivity contribution in [3.63, 3.8) is 0 Å². The highest BCUT2D eigenvalue weighted by Gasteiger charge is 2.14. The van der Waals surface area contributed by atoms with Crippen molar-refractivity contribution < 1.29 is 19.4 Å². The second-order valence-electron chi connectivity index (χ2n) is 3.47. The molecule has 0 atom stereocenters. The smallest absolute Gasteiger partial charge is 0.375 e. The summed E-state index contributed by atoms with van der Waals surface area (Å²) in [6, 6.07) is 5.58. The molecule has 0 spiro atoms. The van der Waals surface area contributed by atoms with Crippen molar-refractivity contribution in [1.82, 2.24) is 0 Å². The zero-order valence-corrected chi connectivity index (χ0v) is 10.1. The SMILES string of the molecule is CN=[N+](CC(=O)O)Nc1cc(C)ccc1OC. The Morgan fingerprint density at radius 2 is 2.29 bits per heavy atom. The number of aryl methyl sites for hydroxylation is 1. The molecule has 0 aliphatic rings. The molecule has 0 heterocycles. The Balaban J connectivity index is 2.92. The maximum atomic E-state index is 10.6. The molecule has 0 aromatic heterocycles. The minimum Gasteiger partial charge on any atom is -0.494 e. The van der Waals surface area contributed by atoms with Crippen LogP contribution in [0, 0.1) is 6.92 Å². The largest absolute Gasteiger partial charge is 0.494 e. The number of carboxylic acid groups (broad SMARTS) is 1. The van der Waals surface area contributed by atoms with Gasteiger partial charge in [-0.25, -0.2) is 4.79 Å². The van der Waals surface area contributed by atoms with Crippen molar-refractivity contribution in [2.45, 2.75) is 6.92 Å². The van der Waals surface area contributed by atoms with E-state index in [0.717, 1.165) is 5.56 Å². The second-order valence-corrected chi connectivity index (χ2v) is 3.47. The van der Waals surface area contributed by atoms with Gasteiger partial charge in [0.15, 0.2) is 0 Å². The Bertz CT molecular complexity index is 444. The van der Waals surface area contributed by atoms with E-state index in [1.807, 2.05) is 25.1 Å². The molecule has 92 valence electrons. The van der Waals surface area contributed by atoms with E-state index in [4.69, 9.17) is 9.84 Å². The van der Waals surface area contributed by atoms with Crippen LogP contribution in [0.4, 0.5) is 5.69 Å². The van der Waals surface area contributed by atoms with Crippen molar-refractivity contribution in [1.29, 1.82) is 0 Å². The topological polar surface area (TPSA) is 73.9 Å². The van der Waals surface area contributed by atoms with Gasteiger partial charge >= 0.3 is 5.97 Å². The van der Waals surface area contributed by atoms with E-state index in [1.165, 1.54) is 11.9 Å². The normalized spacial score (nSPS) is 11.1. The molecule has 17 heavy (non-hydrogen) atoms. The number of anilines is 1. The lowest BCUT2D eigenvalue weighted by Crippen LogP contribution is -2.24. The van der Waals surface area contributed by atoms with Crippen LogP contribution in [0.5, 0.6) is 5.75 Å². The summed E-state index contributed by atoms with van der Waals surface area (Å²) < 4.78 is 5.17. The van der Waals surface area contributed by atoms with Crippen LogP contribution in [0.25, 0.3) is 0 Å². The molecule has 0 fully saturated rings. The quantitative estimate of drug-likeness (QED) is 0.463. The van der Waals surface area contributed by atoms with E-state index < -0.39 is 5.97 Å². The van der Waals surface area contributed by atoms with Gasteiger partial charge in [0.1, 0.15) is 11.4 Å². The third-order valence-electron chi connectivity index (χ3n) is 2.13. The first-order valence-corrected chi connectivity index (χ1v) is 5.07. The lowest BCUT2D eigenvalue weighted by atomic mass is 10.2. The molecule has 1 aromatic carbocycles. The molecule has 1 aromatic rings. The molecular weight excluding hydrogens is 222 g/mol. The lowest BCUT2D eigenvalue weighted by molar-refractivity contribution is -0.554. The number of rotatable bonds is 5. The van der Waals surface area contributed by atoms with E-state index >= 15 is 0 Å². The third-order valence-corrected chi connectivity index (χ3v) is 2.13. The Kier molecular flexibility index (Phi) is 4.45. The van der Waals surface area contributed by atoms with Crippen LogP contribution in [0.2, 0.25) is 0 Å². The fraction of sp³-hybridized carbons (Fsp3) is 0.364. The van der Waals surface area contributed by atoms with Gasteiger partial charge < -0.3 is 9.84 Å². The van der Waals surface area contributed by atoms with Crippen molar-refractivity contribution in [2.24, 2.45) is 5.11 Å². The predicted molar refractivity (Wildman–Crippen MR) is 62.5 cm³/mol. The summed E-state index contributed by atoms with van der Waals surface area (Å²) in [5.74, 6) is -0.329. The molecule has 0 radical (unpaired) electrons. The number of hydrogen-bond donors (Lipinski definition) is 2. The van der Waals surface area contributed by atoms with Crippen LogP contribution in [0.15, 0.2) is 23.3 Å². The number of carboxylic acids is 1. The summed E-state index contributed by atoms with van der Waals surface area (Å²) in [5.41, 5.74) is 4.60. The molecule has 0 amide bonds. The highest BCUT2D eigenvalue weighted by Crippen LogP contribution is 2.24. The Labute approximate surface area is 99.5 Å². The van der Waals surface area contributed by atoms with E-state index in [1.54, 1.807) is 7.11 Å². The van der Waals surface area contributed by atoms with Crippen LogP contribution in [-0.4, -0.2) is 36.6 Å². The van der Waals surface area contributed by atoms with Gasteiger partial charge in [-0.3, -0.25) is 0 Å². The molecular formula is C11H16N3O3+. The van der Waals surface area contributed by atoms with Crippen LogP contribution in [0.1, 0.15) is 5.56 Å². The number of aliphatic carboxylic acids is 1. The number of nitrogens with one attached hydrogen (secondary N) is 1. The molecule has 0 saturated carbocycles. The van der Waals surface area contributed by atoms with Gasteiger partial charge in [-0.05, 0) is 29.7 Å². The van der Waals surface area contributed by atoms with Crippen molar-refractivity contribution in [3.05, 3.63) is 23.8 Å². The zero-order chi connectivity index (χ0) is 12.8. The number of hydrogen-bond acceptors (Lipinski definition) is 3. The standard InChI is InChI=1S/C11H15N3O3/c1-8-4-5-10(17-3)9(6-8)13-14(12-2)7-11(15)16/h4-6H,7H2,1-3H3,(H-,12,13,15,16)/p+1. The minimum absolute atomic E-state index is 0.229. The summed E-state index contributed by atoms with van der Waals surface area (Å²) in [6.07, 6.45) is 0. The molecule has 2 N–H and O–H groups in total. The van der Waals surface area contributed by atoms with Crippen molar-refractivity contribution in [2.75, 3.05) is 26.1 Å². The van der Waals surface area contributed by atoms with E-state index in [0.29, 0.717) is 11.4 Å². The van der Waals surface area contributed by atoms with Crippen LogP contribution in [0.3, 0.4) is 0 Å². The molecule has 6 heteroatoms. The summed E-state index contributed by atoms with van der Waals surface area (Å²) >= 11 is 0. The number of methoxy groups -OCH3 is 1. The number of hydrazine groups is 1. The van der Waals surface area contributed by atoms with Crippen molar-refractivity contribution >= 4 is 11.7 Å². The first kappa shape index (κ1) is 13.0. The number of carbonyl (C=O) groups is 1. The monoisotopic (exact) mass is 238 g/mol. The van der Waals surface area contributed by atoms with Gasteiger partial charge in [0.05, 0.1) is 14.2 Å². The Hall–Kier alpha value is -2.11. The van der Waals surface area contributed by atoms with E-state index in [2.05, 4.69) is 10.5 Å². The summed E-state index contributed by atoms with van der Waals surface area (Å²) in [4.78, 5) is 11.8. The molecule has 6 nitrogen and oxygen atoms in total. The average molecular weight is 238 g/mol. The number of ether oxygens (including phenoxy) is 1. The highest BCUT2D eigenvalue weighted by molar-refractivity contribution is 5.67. The first-order valence-electron chi connectivity index (χ1n) is 5.07. The second kappa shape index (κ2) is 5.83. The Morgan fingerprint density at radius 1 is 1.59 bits per heavy atom. The molecule has 0 bridgehead atoms. The summed E-state index contributed by atoms with van der Waals surface area (Å²) in [5, 5.41) is 12.5. The lowest BCUT2D eigenvalue weighted by Gasteiger charge is -2.07. The number of azo groups is 1. The molecule has 0 aliphatic carbocycles. The Morgan fingerprint density at radius 3 is 2.82 bits per heavy atom. The highest BCUT2D eigenvalue weighted by atomic mass is 16.5. The fourth-order valence-corrected chi connectivity index (χ4v) is 1.34. The number of benzene rings is 1. The van der Waals surface area contributed by atoms with Gasteiger partial charge in [0.2, 0.25) is 0 Å². The van der Waals surface area contributed by atoms with Gasteiger partial charge in [-0.15, -0.1) is 5.43 Å². The van der Waals surface area contributed by atoms with Gasteiger partial charge in [-0.2, -0.15) is 0 Å². The summed E-state index contributed by atoms with van der Waals surface area (Å²) in [7, 11) is 3.07. The number of nitrogens with zero attached hydrogens (tertiary/aromatic N) is 2. The first-order chi connectivity index (χ1) is 8.06. The average Bonchev–Trinajstić information content (AvgIpc) is 2.28. The maximum Gasteiger partial charge on any atom is 0.375 e. The predicted octanol–water partition coefficient (Wildman–Crippen LogP) is 1.51. The van der Waals surface area contributed by atoms with Crippen molar-refractivity contribution in [3.8, 4) is 5.75 Å². The maximum absolute atomic E-state index is 10.6. The molecule has 1 rings (SSSR count). The van der Waals surface area contributed by atoms with Gasteiger partial charge in [0, 0.05) is 4.81 Å². The van der Waals surface area contributed by atoms with E-state index in [9.17, 15) is 4.79 Å². The fourth-order valence-electron chi connectivity index (χ4n) is 1.34. The van der Waals surface area contributed by atoms with Crippen LogP contribution in [-0.2, 0) is 4.79 Å². The van der Waals surface area contributed by atoms with E-state index in [-0.39, 0.29) is 6.54 Å². The van der Waals surface area contributed by atoms with Crippen LogP contribution < -0.4 is 10.2 Å². The van der Waals surface area contributed by atoms with Gasteiger partial charge in [0.25, 0.3) is 6.54 Å².